The van der Waals surface area contributed by atoms with E-state index < -0.39 is 0 Å². The maximum atomic E-state index is 11.8. The van der Waals surface area contributed by atoms with Gasteiger partial charge in [0.05, 0.1) is 4.58 Å². The van der Waals surface area contributed by atoms with Crippen LogP contribution in [0.1, 0.15) is 23.0 Å². The van der Waals surface area contributed by atoms with E-state index in [9.17, 15) is 4.79 Å². The number of rotatable bonds is 6. The minimum absolute atomic E-state index is 0.0964. The molecule has 1 fully saturated rings. The van der Waals surface area contributed by atoms with Crippen molar-refractivity contribution in [2.75, 3.05) is 30.4 Å². The molecule has 2 N–H and O–H groups in total. The summed E-state index contributed by atoms with van der Waals surface area (Å²) in [7, 11) is 1.90. The van der Waals surface area contributed by atoms with E-state index >= 15 is 0 Å². The zero-order chi connectivity index (χ0) is 13.5. The third-order valence-electron chi connectivity index (χ3n) is 2.89. The Balaban J connectivity index is 1.89. The van der Waals surface area contributed by atoms with E-state index in [-0.39, 0.29) is 5.91 Å². The van der Waals surface area contributed by atoms with Gasteiger partial charge in [-0.15, -0.1) is 23.5 Å². The summed E-state index contributed by atoms with van der Waals surface area (Å²) in [6.45, 7) is 0.878. The molecule has 2 rings (SSSR count). The molecule has 0 spiro atoms. The number of anilines is 1. The highest BCUT2D eigenvalue weighted by Gasteiger charge is 2.18. The quantitative estimate of drug-likeness (QED) is 0.792. The van der Waals surface area contributed by atoms with Crippen molar-refractivity contribution >= 4 is 35.1 Å². The first-order valence-electron chi connectivity index (χ1n) is 6.57. The topological polar surface area (TPSA) is 41.1 Å². The van der Waals surface area contributed by atoms with E-state index in [4.69, 9.17) is 0 Å². The van der Waals surface area contributed by atoms with Crippen LogP contribution in [0.4, 0.5) is 5.69 Å². The van der Waals surface area contributed by atoms with Gasteiger partial charge in [0, 0.05) is 23.6 Å². The highest BCUT2D eigenvalue weighted by Crippen LogP contribution is 2.45. The molecule has 19 heavy (non-hydrogen) atoms. The van der Waals surface area contributed by atoms with Crippen molar-refractivity contribution in [3.63, 3.8) is 0 Å². The smallest absolute Gasteiger partial charge is 0.224 e. The zero-order valence-electron chi connectivity index (χ0n) is 11.1. The molecule has 1 aliphatic heterocycles. The summed E-state index contributed by atoms with van der Waals surface area (Å²) in [5.74, 6) is 2.53. The van der Waals surface area contributed by atoms with Gasteiger partial charge in [-0.25, -0.2) is 0 Å². The van der Waals surface area contributed by atoms with Crippen LogP contribution in [0.3, 0.4) is 0 Å². The lowest BCUT2D eigenvalue weighted by Gasteiger charge is -2.11. The van der Waals surface area contributed by atoms with Gasteiger partial charge in [-0.1, -0.05) is 12.1 Å². The van der Waals surface area contributed by atoms with E-state index in [0.29, 0.717) is 11.0 Å². The number of carbonyl (C=O) groups is 1. The molecule has 0 aromatic heterocycles. The van der Waals surface area contributed by atoms with Crippen molar-refractivity contribution in [2.45, 2.75) is 17.4 Å². The Hall–Kier alpha value is -0.650. The Morgan fingerprint density at radius 1 is 1.37 bits per heavy atom. The van der Waals surface area contributed by atoms with Gasteiger partial charge in [0.2, 0.25) is 5.91 Å². The van der Waals surface area contributed by atoms with Crippen LogP contribution in [0.2, 0.25) is 0 Å². The minimum Gasteiger partial charge on any atom is -0.326 e. The number of amides is 1. The second-order valence-electron chi connectivity index (χ2n) is 4.45. The zero-order valence-corrected chi connectivity index (χ0v) is 12.8. The number of benzene rings is 1. The molecule has 1 aromatic rings. The summed E-state index contributed by atoms with van der Waals surface area (Å²) in [6.07, 6.45) is 1.44. The van der Waals surface area contributed by atoms with E-state index in [1.54, 1.807) is 0 Å². The molecule has 104 valence electrons. The highest BCUT2D eigenvalue weighted by atomic mass is 32.2. The van der Waals surface area contributed by atoms with E-state index in [1.165, 1.54) is 17.1 Å². The molecular formula is C14H20N2OS2. The molecule has 0 bridgehead atoms. The number of nitrogens with one attached hydrogen (secondary N) is 2. The molecule has 1 saturated heterocycles. The van der Waals surface area contributed by atoms with Crippen molar-refractivity contribution in [3.05, 3.63) is 29.8 Å². The molecule has 0 radical (unpaired) electrons. The second-order valence-corrected chi connectivity index (χ2v) is 7.18. The van der Waals surface area contributed by atoms with Crippen LogP contribution in [-0.2, 0) is 4.79 Å². The second kappa shape index (κ2) is 7.82. The summed E-state index contributed by atoms with van der Waals surface area (Å²) >= 11 is 3.96. The van der Waals surface area contributed by atoms with Crippen LogP contribution in [0.25, 0.3) is 0 Å². The number of carbonyl (C=O) groups excluding carboxylic acids is 1. The minimum atomic E-state index is 0.0964. The van der Waals surface area contributed by atoms with Gasteiger partial charge < -0.3 is 10.6 Å². The van der Waals surface area contributed by atoms with Gasteiger partial charge >= 0.3 is 0 Å². The molecule has 1 heterocycles. The van der Waals surface area contributed by atoms with Crippen LogP contribution in [0, 0.1) is 0 Å². The predicted molar refractivity (Wildman–Crippen MR) is 85.9 cm³/mol. The normalized spacial score (nSPS) is 15.6. The summed E-state index contributed by atoms with van der Waals surface area (Å²) in [5.41, 5.74) is 2.22. The molecule has 0 atom stereocenters. The largest absolute Gasteiger partial charge is 0.326 e. The summed E-state index contributed by atoms with van der Waals surface area (Å²) in [6, 6.07) is 8.24. The van der Waals surface area contributed by atoms with Gasteiger partial charge in [0.15, 0.2) is 0 Å². The van der Waals surface area contributed by atoms with Crippen LogP contribution in [0.5, 0.6) is 0 Å². The fraction of sp³-hybridized carbons (Fsp3) is 0.500. The lowest BCUT2D eigenvalue weighted by atomic mass is 10.2. The van der Waals surface area contributed by atoms with E-state index in [0.717, 1.165) is 18.7 Å². The Labute approximate surface area is 123 Å². The summed E-state index contributed by atoms with van der Waals surface area (Å²) in [4.78, 5) is 11.8. The Morgan fingerprint density at radius 3 is 2.89 bits per heavy atom. The first kappa shape index (κ1) is 14.8. The lowest BCUT2D eigenvalue weighted by molar-refractivity contribution is -0.116. The van der Waals surface area contributed by atoms with Gasteiger partial charge in [0.25, 0.3) is 0 Å². The van der Waals surface area contributed by atoms with Crippen molar-refractivity contribution in [2.24, 2.45) is 0 Å². The number of hydrogen-bond donors (Lipinski definition) is 2. The van der Waals surface area contributed by atoms with Gasteiger partial charge in [0.1, 0.15) is 0 Å². The van der Waals surface area contributed by atoms with Crippen LogP contribution >= 0.6 is 23.5 Å². The third-order valence-corrected chi connectivity index (χ3v) is 6.00. The molecule has 1 aromatic carbocycles. The molecular weight excluding hydrogens is 276 g/mol. The average Bonchev–Trinajstić information content (AvgIpc) is 2.93. The SMILES string of the molecule is CNCCCC(=O)Nc1cccc(C2SCCS2)c1. The van der Waals surface area contributed by atoms with Crippen molar-refractivity contribution in [1.82, 2.24) is 5.32 Å². The Kier molecular flexibility index (Phi) is 6.07. The van der Waals surface area contributed by atoms with E-state index in [1.807, 2.05) is 42.7 Å². The van der Waals surface area contributed by atoms with Crippen LogP contribution < -0.4 is 10.6 Å². The fourth-order valence-electron chi connectivity index (χ4n) is 1.96. The molecule has 3 nitrogen and oxygen atoms in total. The molecule has 0 saturated carbocycles. The maximum Gasteiger partial charge on any atom is 0.224 e. The van der Waals surface area contributed by atoms with Crippen LogP contribution in [-0.4, -0.2) is 31.0 Å². The van der Waals surface area contributed by atoms with E-state index in [2.05, 4.69) is 22.8 Å². The number of thioether (sulfide) groups is 2. The summed E-state index contributed by atoms with van der Waals surface area (Å²) in [5, 5.41) is 6.03. The molecule has 1 amide bonds. The van der Waals surface area contributed by atoms with Gasteiger partial charge in [-0.2, -0.15) is 0 Å². The Bertz CT molecular complexity index is 420. The lowest BCUT2D eigenvalue weighted by Crippen LogP contribution is -2.15. The first-order chi connectivity index (χ1) is 9.29. The first-order valence-corrected chi connectivity index (χ1v) is 8.67. The molecule has 1 aliphatic rings. The van der Waals surface area contributed by atoms with Crippen molar-refractivity contribution < 1.29 is 4.79 Å². The standard InChI is InChI=1S/C14H20N2OS2/c1-15-7-3-6-13(17)16-12-5-2-4-11(10-12)14-18-8-9-19-14/h2,4-5,10,14-15H,3,6-9H2,1H3,(H,16,17). The fourth-order valence-corrected chi connectivity index (χ4v) is 4.80. The number of hydrogen-bond acceptors (Lipinski definition) is 4. The van der Waals surface area contributed by atoms with Crippen molar-refractivity contribution in [3.8, 4) is 0 Å². The maximum absolute atomic E-state index is 11.8. The Morgan fingerprint density at radius 2 is 2.16 bits per heavy atom. The molecule has 0 aliphatic carbocycles. The van der Waals surface area contributed by atoms with Gasteiger partial charge in [-0.05, 0) is 37.7 Å². The van der Waals surface area contributed by atoms with Crippen molar-refractivity contribution in [1.29, 1.82) is 0 Å². The van der Waals surface area contributed by atoms with Crippen LogP contribution in [0.15, 0.2) is 24.3 Å². The predicted octanol–water partition coefficient (Wildman–Crippen LogP) is 3.10. The monoisotopic (exact) mass is 296 g/mol. The average molecular weight is 296 g/mol. The van der Waals surface area contributed by atoms with Gasteiger partial charge in [-0.3, -0.25) is 4.79 Å². The molecule has 0 unspecified atom stereocenters. The third kappa shape index (κ3) is 4.75. The highest BCUT2D eigenvalue weighted by molar-refractivity contribution is 8.19. The summed E-state index contributed by atoms with van der Waals surface area (Å²) < 4.78 is 0.529. The molecule has 5 heteroatoms.